The van der Waals surface area contributed by atoms with Crippen LogP contribution in [0.25, 0.3) is 0 Å². The maximum atomic E-state index is 12.2. The summed E-state index contributed by atoms with van der Waals surface area (Å²) < 4.78 is 0. The lowest BCUT2D eigenvalue weighted by molar-refractivity contribution is -0.134. The van der Waals surface area contributed by atoms with Gasteiger partial charge in [0.15, 0.2) is 0 Å². The summed E-state index contributed by atoms with van der Waals surface area (Å²) in [6.07, 6.45) is 1.41. The molecular weight excluding hydrogens is 278 g/mol. The average molecular weight is 305 g/mol. The lowest BCUT2D eigenvalue weighted by Gasteiger charge is -2.25. The maximum absolute atomic E-state index is 12.2. The van der Waals surface area contributed by atoms with E-state index in [4.69, 9.17) is 5.73 Å². The normalized spacial score (nSPS) is 13.3. The molecule has 1 atom stereocenters. The lowest BCUT2D eigenvalue weighted by atomic mass is 9.96. The van der Waals surface area contributed by atoms with Gasteiger partial charge in [0.2, 0.25) is 11.8 Å². The zero-order chi connectivity index (χ0) is 16.6. The van der Waals surface area contributed by atoms with E-state index in [9.17, 15) is 9.59 Å². The summed E-state index contributed by atoms with van der Waals surface area (Å²) in [5.41, 5.74) is 6.10. The van der Waals surface area contributed by atoms with Crippen molar-refractivity contribution in [2.75, 3.05) is 13.1 Å². The minimum Gasteiger partial charge on any atom is -0.345 e. The molecule has 2 amide bonds. The molecule has 5 nitrogen and oxygen atoms in total. The van der Waals surface area contributed by atoms with Crippen LogP contribution in [-0.4, -0.2) is 35.3 Å². The van der Waals surface area contributed by atoms with Gasteiger partial charge in [-0.05, 0) is 25.8 Å². The van der Waals surface area contributed by atoms with E-state index < -0.39 is 5.54 Å². The van der Waals surface area contributed by atoms with Crippen LogP contribution in [0.1, 0.15) is 39.2 Å². The summed E-state index contributed by atoms with van der Waals surface area (Å²) in [6, 6.07) is 9.79. The molecule has 0 heterocycles. The van der Waals surface area contributed by atoms with Crippen LogP contribution in [-0.2, 0) is 16.1 Å². The minimum absolute atomic E-state index is 0.0178. The smallest absolute Gasteiger partial charge is 0.242 e. The van der Waals surface area contributed by atoms with E-state index in [0.29, 0.717) is 19.5 Å². The first-order valence-electron chi connectivity index (χ1n) is 7.79. The van der Waals surface area contributed by atoms with E-state index in [2.05, 4.69) is 5.32 Å². The maximum Gasteiger partial charge on any atom is 0.242 e. The Morgan fingerprint density at radius 1 is 1.23 bits per heavy atom. The molecule has 3 N–H and O–H groups in total. The van der Waals surface area contributed by atoms with Gasteiger partial charge in [-0.2, -0.15) is 0 Å². The van der Waals surface area contributed by atoms with E-state index in [1.54, 1.807) is 11.8 Å². The molecule has 0 aliphatic rings. The Hall–Kier alpha value is -1.88. The van der Waals surface area contributed by atoms with Gasteiger partial charge in [-0.15, -0.1) is 0 Å². The van der Waals surface area contributed by atoms with Gasteiger partial charge in [-0.1, -0.05) is 43.7 Å². The molecule has 0 saturated carbocycles. The molecule has 0 aromatic heterocycles. The summed E-state index contributed by atoms with van der Waals surface area (Å²) in [5.74, 6) is -0.384. The second-order valence-corrected chi connectivity index (χ2v) is 5.74. The summed E-state index contributed by atoms with van der Waals surface area (Å²) in [4.78, 5) is 26.0. The van der Waals surface area contributed by atoms with Gasteiger partial charge in [0, 0.05) is 13.1 Å². The first kappa shape index (κ1) is 18.2. The monoisotopic (exact) mass is 305 g/mol. The Balaban J connectivity index is 2.54. The van der Waals surface area contributed by atoms with Gasteiger partial charge in [0.1, 0.15) is 0 Å². The Bertz CT molecular complexity index is 486. The van der Waals surface area contributed by atoms with E-state index in [0.717, 1.165) is 12.0 Å². The van der Waals surface area contributed by atoms with Gasteiger partial charge in [0.05, 0.1) is 12.1 Å². The van der Waals surface area contributed by atoms with Crippen molar-refractivity contribution < 1.29 is 9.59 Å². The number of nitrogens with two attached hydrogens (primary N) is 1. The molecule has 1 aromatic rings. The number of carbonyl (C=O) groups excluding carboxylic acids is 2. The zero-order valence-electron chi connectivity index (χ0n) is 13.8. The fourth-order valence-corrected chi connectivity index (χ4v) is 2.28. The third kappa shape index (κ3) is 5.48. The van der Waals surface area contributed by atoms with E-state index in [-0.39, 0.29) is 18.4 Å². The zero-order valence-corrected chi connectivity index (χ0v) is 13.8. The van der Waals surface area contributed by atoms with Gasteiger partial charge >= 0.3 is 0 Å². The number of hydrogen-bond donors (Lipinski definition) is 2. The number of rotatable bonds is 8. The van der Waals surface area contributed by atoms with Crippen LogP contribution in [0.5, 0.6) is 0 Å². The van der Waals surface area contributed by atoms with Crippen LogP contribution in [0.4, 0.5) is 0 Å². The number of carbonyl (C=O) groups is 2. The van der Waals surface area contributed by atoms with Crippen LogP contribution in [0, 0.1) is 0 Å². The molecule has 0 saturated heterocycles. The van der Waals surface area contributed by atoms with Crippen molar-refractivity contribution >= 4 is 11.8 Å². The van der Waals surface area contributed by atoms with Crippen molar-refractivity contribution in [2.45, 2.75) is 45.7 Å². The molecule has 22 heavy (non-hydrogen) atoms. The number of likely N-dealkylation sites (N-methyl/N-ethyl adjacent to an activating group) is 1. The highest BCUT2D eigenvalue weighted by molar-refractivity contribution is 5.89. The van der Waals surface area contributed by atoms with Gasteiger partial charge < -0.3 is 16.0 Å². The quantitative estimate of drug-likeness (QED) is 0.767. The number of nitrogens with zero attached hydrogens (tertiary/aromatic N) is 1. The van der Waals surface area contributed by atoms with Crippen molar-refractivity contribution in [2.24, 2.45) is 5.73 Å². The standard InChI is InChI=1S/C17H27N3O2/c1-4-11-17(3,18)16(22)19-12-15(21)20(5-2)13-14-9-7-6-8-10-14/h6-10H,4-5,11-13,18H2,1-3H3,(H,19,22). The number of benzene rings is 1. The molecule has 0 radical (unpaired) electrons. The highest BCUT2D eigenvalue weighted by Gasteiger charge is 2.27. The Morgan fingerprint density at radius 2 is 1.86 bits per heavy atom. The molecule has 1 unspecified atom stereocenters. The van der Waals surface area contributed by atoms with Crippen molar-refractivity contribution in [1.29, 1.82) is 0 Å². The lowest BCUT2D eigenvalue weighted by Crippen LogP contribution is -2.53. The van der Waals surface area contributed by atoms with Gasteiger partial charge in [-0.25, -0.2) is 0 Å². The van der Waals surface area contributed by atoms with Crippen LogP contribution >= 0.6 is 0 Å². The molecular formula is C17H27N3O2. The molecule has 5 heteroatoms. The second kappa shape index (κ2) is 8.54. The Labute approximate surface area is 132 Å². The van der Waals surface area contributed by atoms with Crippen LogP contribution in [0.15, 0.2) is 30.3 Å². The molecule has 1 aromatic carbocycles. The second-order valence-electron chi connectivity index (χ2n) is 5.74. The van der Waals surface area contributed by atoms with Crippen LogP contribution in [0.2, 0.25) is 0 Å². The van der Waals surface area contributed by atoms with Crippen LogP contribution in [0.3, 0.4) is 0 Å². The summed E-state index contributed by atoms with van der Waals surface area (Å²) in [5, 5.41) is 2.65. The van der Waals surface area contributed by atoms with Crippen molar-refractivity contribution in [1.82, 2.24) is 10.2 Å². The highest BCUT2D eigenvalue weighted by atomic mass is 16.2. The van der Waals surface area contributed by atoms with E-state index in [1.165, 1.54) is 0 Å². The summed E-state index contributed by atoms with van der Waals surface area (Å²) in [7, 11) is 0. The summed E-state index contributed by atoms with van der Waals surface area (Å²) >= 11 is 0. The molecule has 0 aliphatic heterocycles. The Morgan fingerprint density at radius 3 is 2.41 bits per heavy atom. The molecule has 0 bridgehead atoms. The largest absolute Gasteiger partial charge is 0.345 e. The molecule has 0 fully saturated rings. The molecule has 0 aliphatic carbocycles. The number of hydrogen-bond acceptors (Lipinski definition) is 3. The van der Waals surface area contributed by atoms with Gasteiger partial charge in [-0.3, -0.25) is 9.59 Å². The number of amides is 2. The SMILES string of the molecule is CCCC(C)(N)C(=O)NCC(=O)N(CC)Cc1ccccc1. The topological polar surface area (TPSA) is 75.4 Å². The Kier molecular flexibility index (Phi) is 7.05. The van der Waals surface area contributed by atoms with E-state index in [1.807, 2.05) is 44.2 Å². The van der Waals surface area contributed by atoms with Crippen LogP contribution < -0.4 is 11.1 Å². The van der Waals surface area contributed by atoms with Crippen molar-refractivity contribution in [3.63, 3.8) is 0 Å². The number of nitrogens with one attached hydrogen (secondary N) is 1. The van der Waals surface area contributed by atoms with Gasteiger partial charge in [0.25, 0.3) is 0 Å². The molecule has 1 rings (SSSR count). The third-order valence-corrected chi connectivity index (χ3v) is 3.64. The third-order valence-electron chi connectivity index (χ3n) is 3.64. The fourth-order valence-electron chi connectivity index (χ4n) is 2.28. The predicted octanol–water partition coefficient (Wildman–Crippen LogP) is 1.67. The molecule has 122 valence electrons. The first-order chi connectivity index (χ1) is 10.4. The molecule has 0 spiro atoms. The highest BCUT2D eigenvalue weighted by Crippen LogP contribution is 2.08. The van der Waals surface area contributed by atoms with E-state index >= 15 is 0 Å². The minimum atomic E-state index is -0.925. The van der Waals surface area contributed by atoms with Crippen molar-refractivity contribution in [3.05, 3.63) is 35.9 Å². The fraction of sp³-hybridized carbons (Fsp3) is 0.529. The first-order valence-corrected chi connectivity index (χ1v) is 7.79. The van der Waals surface area contributed by atoms with Crippen molar-refractivity contribution in [3.8, 4) is 0 Å². The average Bonchev–Trinajstić information content (AvgIpc) is 2.50. The summed E-state index contributed by atoms with van der Waals surface area (Å²) in [6.45, 7) is 6.71. The predicted molar refractivity (Wildman–Crippen MR) is 88.0 cm³/mol.